The number of aryl methyl sites for hydroxylation is 1. The maximum Gasteiger partial charge on any atom is 0.192 e. The van der Waals surface area contributed by atoms with E-state index >= 15 is 0 Å². The van der Waals surface area contributed by atoms with Gasteiger partial charge in [0.05, 0.1) is 12.6 Å². The number of hydrogen-bond donors (Lipinski definition) is 2. The van der Waals surface area contributed by atoms with E-state index in [0.717, 1.165) is 17.7 Å². The molecule has 0 bridgehead atoms. The molecule has 10 heteroatoms. The molecule has 2 N–H and O–H groups in total. The van der Waals surface area contributed by atoms with Gasteiger partial charge in [-0.15, -0.1) is 34.2 Å². The van der Waals surface area contributed by atoms with Crippen molar-refractivity contribution in [3.8, 4) is 0 Å². The minimum atomic E-state index is -0.878. The number of benzene rings is 1. The SMILES string of the molecule is COCCNC(=NCc1nnc(C)n1C)NC(C)c1ccc(F)c(F)c1.I. The van der Waals surface area contributed by atoms with E-state index < -0.39 is 11.6 Å². The lowest BCUT2D eigenvalue weighted by Crippen LogP contribution is -2.40. The second kappa shape index (κ2) is 11.1. The van der Waals surface area contributed by atoms with Gasteiger partial charge in [-0.05, 0) is 31.5 Å². The van der Waals surface area contributed by atoms with Gasteiger partial charge in [-0.1, -0.05) is 6.07 Å². The molecule has 1 aromatic carbocycles. The van der Waals surface area contributed by atoms with Crippen LogP contribution < -0.4 is 10.6 Å². The molecule has 0 aliphatic heterocycles. The molecule has 0 radical (unpaired) electrons. The van der Waals surface area contributed by atoms with E-state index in [1.165, 1.54) is 12.1 Å². The van der Waals surface area contributed by atoms with Crippen LogP contribution in [0.1, 0.15) is 30.2 Å². The standard InChI is InChI=1S/C17H24F2N6O.HI/c1-11(13-5-6-14(18)15(19)9-13)22-17(20-7-8-26-4)21-10-16-24-23-12(2)25(16)3;/h5-6,9,11H,7-8,10H2,1-4H3,(H2,20,21,22);1H. The maximum absolute atomic E-state index is 13.5. The van der Waals surface area contributed by atoms with E-state index in [0.29, 0.717) is 31.2 Å². The van der Waals surface area contributed by atoms with E-state index in [9.17, 15) is 8.78 Å². The molecule has 7 nitrogen and oxygen atoms in total. The highest BCUT2D eigenvalue weighted by atomic mass is 127. The maximum atomic E-state index is 13.5. The first-order valence-corrected chi connectivity index (χ1v) is 8.26. The number of methoxy groups -OCH3 is 1. The molecule has 0 aliphatic rings. The zero-order valence-electron chi connectivity index (χ0n) is 15.8. The summed E-state index contributed by atoms with van der Waals surface area (Å²) >= 11 is 0. The minimum absolute atomic E-state index is 0. The molecular weight excluding hydrogens is 469 g/mol. The summed E-state index contributed by atoms with van der Waals surface area (Å²) in [5, 5.41) is 14.4. The topological polar surface area (TPSA) is 76.4 Å². The predicted octanol–water partition coefficient (Wildman–Crippen LogP) is 2.46. The third-order valence-corrected chi connectivity index (χ3v) is 3.96. The van der Waals surface area contributed by atoms with Gasteiger partial charge >= 0.3 is 0 Å². The van der Waals surface area contributed by atoms with Gasteiger partial charge in [-0.25, -0.2) is 13.8 Å². The summed E-state index contributed by atoms with van der Waals surface area (Å²) in [4.78, 5) is 4.49. The predicted molar refractivity (Wildman–Crippen MR) is 110 cm³/mol. The van der Waals surface area contributed by atoms with Crippen LogP contribution in [0.25, 0.3) is 0 Å². The Morgan fingerprint density at radius 2 is 2.04 bits per heavy atom. The highest BCUT2D eigenvalue weighted by Gasteiger charge is 2.12. The average molecular weight is 494 g/mol. The van der Waals surface area contributed by atoms with Crippen LogP contribution in [0.3, 0.4) is 0 Å². The van der Waals surface area contributed by atoms with Crippen molar-refractivity contribution in [2.24, 2.45) is 12.0 Å². The number of halogens is 3. The molecule has 1 unspecified atom stereocenters. The van der Waals surface area contributed by atoms with Crippen molar-refractivity contribution in [3.05, 3.63) is 47.0 Å². The molecule has 0 spiro atoms. The van der Waals surface area contributed by atoms with E-state index in [-0.39, 0.29) is 30.0 Å². The minimum Gasteiger partial charge on any atom is -0.383 e. The second-order valence-corrected chi connectivity index (χ2v) is 5.85. The number of nitrogens with one attached hydrogen (secondary N) is 2. The lowest BCUT2D eigenvalue weighted by atomic mass is 10.1. The average Bonchev–Trinajstić information content (AvgIpc) is 2.93. The van der Waals surface area contributed by atoms with Crippen LogP contribution in [0.5, 0.6) is 0 Å². The number of hydrogen-bond acceptors (Lipinski definition) is 4. The third kappa shape index (κ3) is 6.69. The number of ether oxygens (including phenoxy) is 1. The summed E-state index contributed by atoms with van der Waals surface area (Å²) in [5.74, 6) is 0.283. The highest BCUT2D eigenvalue weighted by molar-refractivity contribution is 14.0. The first-order valence-electron chi connectivity index (χ1n) is 8.26. The molecular formula is C17H25F2IN6O. The van der Waals surface area contributed by atoms with Crippen LogP contribution >= 0.6 is 24.0 Å². The Labute approximate surface area is 174 Å². The Morgan fingerprint density at radius 1 is 1.30 bits per heavy atom. The van der Waals surface area contributed by atoms with Crippen LogP contribution in [0.15, 0.2) is 23.2 Å². The summed E-state index contributed by atoms with van der Waals surface area (Å²) in [7, 11) is 3.48. The molecule has 0 saturated carbocycles. The normalized spacial score (nSPS) is 12.4. The zero-order valence-corrected chi connectivity index (χ0v) is 18.1. The molecule has 1 atom stereocenters. The van der Waals surface area contributed by atoms with Crippen molar-refractivity contribution in [1.82, 2.24) is 25.4 Å². The van der Waals surface area contributed by atoms with E-state index in [1.54, 1.807) is 7.11 Å². The van der Waals surface area contributed by atoms with Crippen molar-refractivity contribution in [2.75, 3.05) is 20.3 Å². The molecule has 2 aromatic rings. The summed E-state index contributed by atoms with van der Waals surface area (Å²) in [6, 6.07) is 3.54. The third-order valence-electron chi connectivity index (χ3n) is 3.96. The van der Waals surface area contributed by atoms with Gasteiger partial charge in [0, 0.05) is 20.7 Å². The fraction of sp³-hybridized carbons (Fsp3) is 0.471. The number of guanidine groups is 1. The Kier molecular flexibility index (Phi) is 9.56. The van der Waals surface area contributed by atoms with Crippen LogP contribution in [0.4, 0.5) is 8.78 Å². The molecule has 27 heavy (non-hydrogen) atoms. The Balaban J connectivity index is 0.00000364. The van der Waals surface area contributed by atoms with Crippen molar-refractivity contribution in [2.45, 2.75) is 26.4 Å². The Bertz CT molecular complexity index is 768. The number of rotatable bonds is 7. The first-order chi connectivity index (χ1) is 12.4. The number of aromatic nitrogens is 3. The van der Waals surface area contributed by atoms with Crippen LogP contribution in [-0.2, 0) is 18.3 Å². The molecule has 0 fully saturated rings. The van der Waals surface area contributed by atoms with E-state index in [4.69, 9.17) is 4.74 Å². The highest BCUT2D eigenvalue weighted by Crippen LogP contribution is 2.15. The van der Waals surface area contributed by atoms with Gasteiger partial charge in [-0.2, -0.15) is 0 Å². The van der Waals surface area contributed by atoms with Crippen LogP contribution in [-0.4, -0.2) is 41.0 Å². The van der Waals surface area contributed by atoms with Gasteiger partial charge in [0.15, 0.2) is 23.4 Å². The van der Waals surface area contributed by atoms with E-state index in [1.807, 2.05) is 25.5 Å². The quantitative estimate of drug-likeness (QED) is 0.268. The Hall–Kier alpha value is -1.82. The second-order valence-electron chi connectivity index (χ2n) is 5.85. The van der Waals surface area contributed by atoms with E-state index in [2.05, 4.69) is 25.8 Å². The summed E-state index contributed by atoms with van der Waals surface area (Å²) in [5.41, 5.74) is 0.611. The van der Waals surface area contributed by atoms with Crippen molar-refractivity contribution in [1.29, 1.82) is 0 Å². The van der Waals surface area contributed by atoms with Crippen LogP contribution in [0, 0.1) is 18.6 Å². The molecule has 150 valence electrons. The molecule has 0 aliphatic carbocycles. The fourth-order valence-electron chi connectivity index (χ4n) is 2.23. The number of nitrogens with zero attached hydrogens (tertiary/aromatic N) is 4. The van der Waals surface area contributed by atoms with Crippen molar-refractivity contribution < 1.29 is 13.5 Å². The lowest BCUT2D eigenvalue weighted by Gasteiger charge is -2.19. The van der Waals surface area contributed by atoms with Gasteiger partial charge in [0.2, 0.25) is 0 Å². The summed E-state index contributed by atoms with van der Waals surface area (Å²) < 4.78 is 33.5. The van der Waals surface area contributed by atoms with Crippen LogP contribution in [0.2, 0.25) is 0 Å². The Morgan fingerprint density at radius 3 is 2.63 bits per heavy atom. The van der Waals surface area contributed by atoms with Gasteiger partial charge in [-0.3, -0.25) is 0 Å². The molecule has 0 amide bonds. The lowest BCUT2D eigenvalue weighted by molar-refractivity contribution is 0.203. The largest absolute Gasteiger partial charge is 0.383 e. The number of aliphatic imine (C=N–C) groups is 1. The summed E-state index contributed by atoms with van der Waals surface area (Å²) in [6.45, 7) is 5.08. The first kappa shape index (κ1) is 23.2. The molecule has 2 rings (SSSR count). The van der Waals surface area contributed by atoms with Crippen molar-refractivity contribution >= 4 is 29.9 Å². The van der Waals surface area contributed by atoms with Gasteiger partial charge in [0.1, 0.15) is 12.4 Å². The molecule has 1 aromatic heterocycles. The molecule has 0 saturated heterocycles. The smallest absolute Gasteiger partial charge is 0.192 e. The zero-order chi connectivity index (χ0) is 19.1. The molecule has 1 heterocycles. The van der Waals surface area contributed by atoms with Gasteiger partial charge < -0.3 is 19.9 Å². The summed E-state index contributed by atoms with van der Waals surface area (Å²) in [6.07, 6.45) is 0. The van der Waals surface area contributed by atoms with Crippen molar-refractivity contribution in [3.63, 3.8) is 0 Å². The van der Waals surface area contributed by atoms with Gasteiger partial charge in [0.25, 0.3) is 0 Å². The fourth-order valence-corrected chi connectivity index (χ4v) is 2.23. The monoisotopic (exact) mass is 494 g/mol.